The molecule has 0 aromatic rings. The Kier molecular flexibility index (Phi) is 10.6. The Bertz CT molecular complexity index is 831. The molecule has 8 nitrogen and oxygen atoms in total. The second-order valence-electron chi connectivity index (χ2n) is 9.65. The maximum absolute atomic E-state index is 12.5. The Morgan fingerprint density at radius 1 is 1.00 bits per heavy atom. The number of carbonyl (C=O) groups is 1. The van der Waals surface area contributed by atoms with E-state index in [-0.39, 0.29) is 36.1 Å². The van der Waals surface area contributed by atoms with Gasteiger partial charge in [0.15, 0.2) is 20.4 Å². The molecule has 0 aromatic heterocycles. The van der Waals surface area contributed by atoms with Crippen molar-refractivity contribution in [3.05, 3.63) is 23.7 Å². The van der Waals surface area contributed by atoms with E-state index in [1.54, 1.807) is 7.11 Å². The fourth-order valence-electron chi connectivity index (χ4n) is 5.31. The summed E-state index contributed by atoms with van der Waals surface area (Å²) in [5.41, 5.74) is -0.107. The zero-order chi connectivity index (χ0) is 26.4. The van der Waals surface area contributed by atoms with Crippen LogP contribution in [0.2, 0.25) is 16.6 Å². The van der Waals surface area contributed by atoms with Gasteiger partial charge in [-0.2, -0.15) is 0 Å². The Morgan fingerprint density at radius 2 is 1.63 bits per heavy atom. The van der Waals surface area contributed by atoms with Gasteiger partial charge in [0, 0.05) is 14.2 Å². The standard InChI is InChI=1S/C26H42O8Si/c1-17(2)35(18(3)4,19(5)6)33-16-21-20(12-13-22(28-7)34-21)32-15-11-14-26(31-10)24(27)23(29-8)25(26)30-9/h12-13,17-22H,15-16H2,1-10H3/t20-,21+,22-,26?/m0/s1. The van der Waals surface area contributed by atoms with Crippen molar-refractivity contribution in [2.45, 2.75) is 82.3 Å². The van der Waals surface area contributed by atoms with Crippen molar-refractivity contribution < 1.29 is 37.6 Å². The van der Waals surface area contributed by atoms with Crippen molar-refractivity contribution in [1.82, 2.24) is 0 Å². The SMILES string of the molecule is COC1=C(OC)C(C#CCO[C@H]2C=C[C@@H](OC)O[C@@H]2CO[Si](C(C)C)(C(C)C)C(C)C)(OC)C1=O. The van der Waals surface area contributed by atoms with Crippen LogP contribution in [0.3, 0.4) is 0 Å². The minimum atomic E-state index is -2.08. The Morgan fingerprint density at radius 3 is 2.11 bits per heavy atom. The first-order valence-corrected chi connectivity index (χ1v) is 14.2. The lowest BCUT2D eigenvalue weighted by Crippen LogP contribution is -2.52. The highest BCUT2D eigenvalue weighted by Crippen LogP contribution is 2.42. The molecule has 0 radical (unpaired) electrons. The average Bonchev–Trinajstić information content (AvgIpc) is 2.82. The van der Waals surface area contributed by atoms with Crippen LogP contribution in [-0.4, -0.2) is 79.9 Å². The van der Waals surface area contributed by atoms with Crippen LogP contribution < -0.4 is 0 Å². The minimum Gasteiger partial charge on any atom is -0.493 e. The number of hydrogen-bond donors (Lipinski definition) is 0. The molecule has 2 rings (SSSR count). The molecule has 4 atom stereocenters. The van der Waals surface area contributed by atoms with Crippen molar-refractivity contribution in [3.63, 3.8) is 0 Å². The summed E-state index contributed by atoms with van der Waals surface area (Å²) in [4.78, 5) is 12.5. The summed E-state index contributed by atoms with van der Waals surface area (Å²) in [6.07, 6.45) is 2.53. The lowest BCUT2D eigenvalue weighted by molar-refractivity contribution is -0.173. The summed E-state index contributed by atoms with van der Waals surface area (Å²) >= 11 is 0. The summed E-state index contributed by atoms with van der Waals surface area (Å²) in [7, 11) is 3.78. The third kappa shape index (κ3) is 5.68. The van der Waals surface area contributed by atoms with Gasteiger partial charge in [-0.25, -0.2) is 0 Å². The molecular formula is C26H42O8Si. The maximum atomic E-state index is 12.5. The normalized spacial score (nSPS) is 26.8. The maximum Gasteiger partial charge on any atom is 0.256 e. The van der Waals surface area contributed by atoms with Gasteiger partial charge in [-0.05, 0) is 28.6 Å². The number of carbonyl (C=O) groups excluding carboxylic acids is 1. The van der Waals surface area contributed by atoms with Gasteiger partial charge in [-0.15, -0.1) is 0 Å². The van der Waals surface area contributed by atoms with Gasteiger partial charge in [0.1, 0.15) is 18.8 Å². The van der Waals surface area contributed by atoms with E-state index in [2.05, 4.69) is 53.4 Å². The predicted octanol–water partition coefficient (Wildman–Crippen LogP) is 3.97. The highest BCUT2D eigenvalue weighted by Gasteiger charge is 2.57. The summed E-state index contributed by atoms with van der Waals surface area (Å²) in [5.74, 6) is 5.74. The van der Waals surface area contributed by atoms with Crippen LogP contribution in [0.25, 0.3) is 0 Å². The summed E-state index contributed by atoms with van der Waals surface area (Å²) < 4.78 is 40.0. The highest BCUT2D eigenvalue weighted by atomic mass is 28.4. The van der Waals surface area contributed by atoms with Crippen LogP contribution in [0.1, 0.15) is 41.5 Å². The van der Waals surface area contributed by atoms with Gasteiger partial charge in [-0.3, -0.25) is 4.79 Å². The molecule has 1 heterocycles. The van der Waals surface area contributed by atoms with E-state index in [1.807, 2.05) is 12.2 Å². The lowest BCUT2D eigenvalue weighted by atomic mass is 9.83. The Balaban J connectivity index is 2.15. The lowest BCUT2D eigenvalue weighted by Gasteiger charge is -2.43. The highest BCUT2D eigenvalue weighted by molar-refractivity contribution is 6.77. The van der Waals surface area contributed by atoms with Crippen LogP contribution in [0, 0.1) is 11.8 Å². The number of methoxy groups -OCH3 is 4. The zero-order valence-electron chi connectivity index (χ0n) is 22.8. The van der Waals surface area contributed by atoms with Crippen molar-refractivity contribution in [1.29, 1.82) is 0 Å². The van der Waals surface area contributed by atoms with Gasteiger partial charge >= 0.3 is 0 Å². The van der Waals surface area contributed by atoms with Crippen molar-refractivity contribution in [2.24, 2.45) is 0 Å². The van der Waals surface area contributed by atoms with Crippen LogP contribution in [0.5, 0.6) is 0 Å². The van der Waals surface area contributed by atoms with E-state index in [0.29, 0.717) is 23.2 Å². The molecule has 1 aliphatic heterocycles. The van der Waals surface area contributed by atoms with Gasteiger partial charge in [0.25, 0.3) is 11.4 Å². The molecule has 0 bridgehead atoms. The molecule has 1 aliphatic carbocycles. The summed E-state index contributed by atoms with van der Waals surface area (Å²) in [6.45, 7) is 14.0. The molecule has 9 heteroatoms. The molecule has 0 spiro atoms. The Labute approximate surface area is 211 Å². The number of ether oxygens (including phenoxy) is 6. The van der Waals surface area contributed by atoms with Crippen LogP contribution in [0.4, 0.5) is 0 Å². The van der Waals surface area contributed by atoms with Crippen LogP contribution in [0.15, 0.2) is 23.7 Å². The van der Waals surface area contributed by atoms with Crippen LogP contribution >= 0.6 is 0 Å². The number of ketones is 1. The summed E-state index contributed by atoms with van der Waals surface area (Å²) in [6, 6.07) is 0. The van der Waals surface area contributed by atoms with E-state index >= 15 is 0 Å². The molecule has 0 amide bonds. The summed E-state index contributed by atoms with van der Waals surface area (Å²) in [5, 5.41) is 0. The zero-order valence-corrected chi connectivity index (χ0v) is 23.8. The molecule has 0 saturated carbocycles. The molecule has 0 fully saturated rings. The van der Waals surface area contributed by atoms with Gasteiger partial charge in [-0.1, -0.05) is 53.5 Å². The van der Waals surface area contributed by atoms with Gasteiger partial charge < -0.3 is 32.8 Å². The smallest absolute Gasteiger partial charge is 0.256 e. The third-order valence-corrected chi connectivity index (χ3v) is 13.0. The van der Waals surface area contributed by atoms with Crippen molar-refractivity contribution >= 4 is 14.1 Å². The second-order valence-corrected chi connectivity index (χ2v) is 15.1. The van der Waals surface area contributed by atoms with Gasteiger partial charge in [0.05, 0.1) is 20.8 Å². The van der Waals surface area contributed by atoms with E-state index in [0.717, 1.165) is 0 Å². The number of rotatable bonds is 12. The fraction of sp³-hybridized carbons (Fsp3) is 0.731. The minimum absolute atomic E-state index is 0.0608. The first-order chi connectivity index (χ1) is 16.5. The molecular weight excluding hydrogens is 468 g/mol. The largest absolute Gasteiger partial charge is 0.493 e. The molecule has 0 N–H and O–H groups in total. The van der Waals surface area contributed by atoms with E-state index in [4.69, 9.17) is 32.8 Å². The molecule has 2 aliphatic rings. The molecule has 35 heavy (non-hydrogen) atoms. The molecule has 0 aromatic carbocycles. The third-order valence-electron chi connectivity index (χ3n) is 6.95. The van der Waals surface area contributed by atoms with Crippen molar-refractivity contribution in [3.8, 4) is 11.8 Å². The van der Waals surface area contributed by atoms with Crippen molar-refractivity contribution in [2.75, 3.05) is 41.7 Å². The van der Waals surface area contributed by atoms with Gasteiger partial charge in [0.2, 0.25) is 5.76 Å². The first kappa shape index (κ1) is 29.6. The molecule has 1 unspecified atom stereocenters. The number of hydrogen-bond acceptors (Lipinski definition) is 8. The predicted molar refractivity (Wildman–Crippen MR) is 135 cm³/mol. The Hall–Kier alpha value is -1.67. The fourth-order valence-corrected chi connectivity index (χ4v) is 10.8. The second kappa shape index (κ2) is 12.5. The monoisotopic (exact) mass is 510 g/mol. The van der Waals surface area contributed by atoms with E-state index < -0.39 is 20.2 Å². The molecule has 0 saturated heterocycles. The van der Waals surface area contributed by atoms with E-state index in [1.165, 1.54) is 21.3 Å². The average molecular weight is 511 g/mol. The van der Waals surface area contributed by atoms with Crippen LogP contribution in [-0.2, 0) is 37.6 Å². The number of Topliss-reactive ketones (excluding diaryl/α,β-unsaturated/α-hetero) is 1. The topological polar surface area (TPSA) is 81.7 Å². The first-order valence-electron chi connectivity index (χ1n) is 12.1. The molecule has 198 valence electrons. The van der Waals surface area contributed by atoms with E-state index in [9.17, 15) is 4.79 Å². The quantitative estimate of drug-likeness (QED) is 0.222.